The van der Waals surface area contributed by atoms with E-state index in [2.05, 4.69) is 26.1 Å². The van der Waals surface area contributed by atoms with E-state index in [0.29, 0.717) is 6.04 Å². The van der Waals surface area contributed by atoms with E-state index in [1.807, 2.05) is 6.07 Å². The number of hydrogen-bond acceptors (Lipinski definition) is 1. The first-order chi connectivity index (χ1) is 8.13. The molecule has 0 heterocycles. The maximum atomic E-state index is 13.1. The van der Waals surface area contributed by atoms with Crippen molar-refractivity contribution in [3.63, 3.8) is 0 Å². The highest BCUT2D eigenvalue weighted by Crippen LogP contribution is 2.15. The lowest BCUT2D eigenvalue weighted by Crippen LogP contribution is -2.28. The summed E-state index contributed by atoms with van der Waals surface area (Å²) in [5, 5.41) is 3.52. The van der Waals surface area contributed by atoms with Crippen LogP contribution in [0, 0.1) is 5.82 Å². The molecule has 0 radical (unpaired) electrons. The maximum Gasteiger partial charge on any atom is 0.123 e. The number of hydrogen-bond donors (Lipinski definition) is 1. The van der Waals surface area contributed by atoms with Crippen LogP contribution in [0.1, 0.15) is 58.1 Å². The van der Waals surface area contributed by atoms with Crippen molar-refractivity contribution in [1.82, 2.24) is 5.32 Å². The minimum absolute atomic E-state index is 0.158. The molecule has 1 nitrogen and oxygen atoms in total. The zero-order valence-electron chi connectivity index (χ0n) is 11.2. The first-order valence-electron chi connectivity index (χ1n) is 6.65. The smallest absolute Gasteiger partial charge is 0.123 e. The minimum atomic E-state index is -0.158. The largest absolute Gasteiger partial charge is 0.308 e. The SMILES string of the molecule is CCCCCC(C)NC(C)c1cccc(F)c1. The molecule has 2 atom stereocenters. The highest BCUT2D eigenvalue weighted by atomic mass is 19.1. The Hall–Kier alpha value is -0.890. The van der Waals surface area contributed by atoms with Crippen LogP contribution < -0.4 is 5.32 Å². The molecule has 0 bridgehead atoms. The molecular formula is C15H24FN. The Kier molecular flexibility index (Phi) is 6.20. The summed E-state index contributed by atoms with van der Waals surface area (Å²) in [6.45, 7) is 6.50. The van der Waals surface area contributed by atoms with E-state index in [0.717, 1.165) is 5.56 Å². The Morgan fingerprint density at radius 1 is 1.24 bits per heavy atom. The number of halogens is 1. The Labute approximate surface area is 104 Å². The van der Waals surface area contributed by atoms with Gasteiger partial charge in [0.2, 0.25) is 0 Å². The molecule has 0 aliphatic carbocycles. The predicted octanol–water partition coefficient (Wildman–Crippen LogP) is 4.45. The lowest BCUT2D eigenvalue weighted by molar-refractivity contribution is 0.439. The van der Waals surface area contributed by atoms with Gasteiger partial charge in [0, 0.05) is 12.1 Å². The van der Waals surface area contributed by atoms with E-state index in [1.54, 1.807) is 12.1 Å². The summed E-state index contributed by atoms with van der Waals surface area (Å²) in [6.07, 6.45) is 5.00. The molecule has 0 saturated carbocycles. The Balaban J connectivity index is 2.40. The molecule has 0 aromatic heterocycles. The van der Waals surface area contributed by atoms with Gasteiger partial charge in [0.05, 0.1) is 0 Å². The molecule has 1 N–H and O–H groups in total. The average Bonchev–Trinajstić information content (AvgIpc) is 2.29. The second-order valence-corrected chi connectivity index (χ2v) is 4.84. The molecular weight excluding hydrogens is 213 g/mol. The highest BCUT2D eigenvalue weighted by molar-refractivity contribution is 5.19. The van der Waals surface area contributed by atoms with Crippen molar-refractivity contribution < 1.29 is 4.39 Å². The van der Waals surface area contributed by atoms with Crippen molar-refractivity contribution in [2.24, 2.45) is 0 Å². The van der Waals surface area contributed by atoms with Gasteiger partial charge in [-0.1, -0.05) is 38.3 Å². The summed E-state index contributed by atoms with van der Waals surface area (Å²) >= 11 is 0. The molecule has 1 rings (SSSR count). The van der Waals surface area contributed by atoms with Crippen LogP contribution in [0.2, 0.25) is 0 Å². The van der Waals surface area contributed by atoms with Gasteiger partial charge in [-0.25, -0.2) is 4.39 Å². The van der Waals surface area contributed by atoms with Gasteiger partial charge in [0.1, 0.15) is 5.82 Å². The van der Waals surface area contributed by atoms with Crippen LogP contribution in [-0.4, -0.2) is 6.04 Å². The van der Waals surface area contributed by atoms with Gasteiger partial charge in [0.15, 0.2) is 0 Å². The molecule has 0 fully saturated rings. The van der Waals surface area contributed by atoms with Gasteiger partial charge < -0.3 is 5.32 Å². The number of benzene rings is 1. The normalized spacial score (nSPS) is 14.6. The van der Waals surface area contributed by atoms with E-state index < -0.39 is 0 Å². The lowest BCUT2D eigenvalue weighted by atomic mass is 10.1. The fourth-order valence-corrected chi connectivity index (χ4v) is 2.08. The summed E-state index contributed by atoms with van der Waals surface area (Å²) in [5.41, 5.74) is 1.02. The fourth-order valence-electron chi connectivity index (χ4n) is 2.08. The molecule has 17 heavy (non-hydrogen) atoms. The number of unbranched alkanes of at least 4 members (excludes halogenated alkanes) is 2. The zero-order valence-corrected chi connectivity index (χ0v) is 11.2. The van der Waals surface area contributed by atoms with E-state index in [4.69, 9.17) is 0 Å². The summed E-state index contributed by atoms with van der Waals surface area (Å²) in [6, 6.07) is 7.53. The number of nitrogens with one attached hydrogen (secondary N) is 1. The molecule has 1 aromatic carbocycles. The first-order valence-corrected chi connectivity index (χ1v) is 6.65. The molecule has 0 aliphatic heterocycles. The van der Waals surface area contributed by atoms with Gasteiger partial charge in [-0.05, 0) is 38.0 Å². The van der Waals surface area contributed by atoms with Crippen molar-refractivity contribution in [2.75, 3.05) is 0 Å². The molecule has 0 amide bonds. The summed E-state index contributed by atoms with van der Waals surface area (Å²) in [4.78, 5) is 0. The topological polar surface area (TPSA) is 12.0 Å². The van der Waals surface area contributed by atoms with E-state index in [1.165, 1.54) is 31.7 Å². The monoisotopic (exact) mass is 237 g/mol. The van der Waals surface area contributed by atoms with E-state index in [-0.39, 0.29) is 11.9 Å². The molecule has 96 valence electrons. The molecule has 2 heteroatoms. The lowest BCUT2D eigenvalue weighted by Gasteiger charge is -2.20. The molecule has 0 aliphatic rings. The molecule has 0 saturated heterocycles. The average molecular weight is 237 g/mol. The van der Waals surface area contributed by atoms with Crippen molar-refractivity contribution in [3.05, 3.63) is 35.6 Å². The van der Waals surface area contributed by atoms with E-state index >= 15 is 0 Å². The summed E-state index contributed by atoms with van der Waals surface area (Å²) in [7, 11) is 0. The fraction of sp³-hybridized carbons (Fsp3) is 0.600. The van der Waals surface area contributed by atoms with Crippen molar-refractivity contribution in [2.45, 2.75) is 58.5 Å². The van der Waals surface area contributed by atoms with Gasteiger partial charge in [-0.15, -0.1) is 0 Å². The minimum Gasteiger partial charge on any atom is -0.308 e. The molecule has 2 unspecified atom stereocenters. The van der Waals surface area contributed by atoms with Crippen LogP contribution in [0.5, 0.6) is 0 Å². The van der Waals surface area contributed by atoms with Crippen molar-refractivity contribution in [3.8, 4) is 0 Å². The van der Waals surface area contributed by atoms with Crippen LogP contribution in [0.4, 0.5) is 4.39 Å². The van der Waals surface area contributed by atoms with Crippen molar-refractivity contribution in [1.29, 1.82) is 0 Å². The van der Waals surface area contributed by atoms with E-state index in [9.17, 15) is 4.39 Å². The first kappa shape index (κ1) is 14.2. The third-order valence-electron chi connectivity index (χ3n) is 3.12. The quantitative estimate of drug-likeness (QED) is 0.691. The van der Waals surface area contributed by atoms with Gasteiger partial charge in [-0.3, -0.25) is 0 Å². The maximum absolute atomic E-state index is 13.1. The Morgan fingerprint density at radius 2 is 2.00 bits per heavy atom. The van der Waals surface area contributed by atoms with Crippen LogP contribution in [0.25, 0.3) is 0 Å². The van der Waals surface area contributed by atoms with Gasteiger partial charge in [-0.2, -0.15) is 0 Å². The second-order valence-electron chi connectivity index (χ2n) is 4.84. The Morgan fingerprint density at radius 3 is 2.65 bits per heavy atom. The zero-order chi connectivity index (χ0) is 12.7. The highest BCUT2D eigenvalue weighted by Gasteiger charge is 2.09. The number of rotatable bonds is 7. The predicted molar refractivity (Wildman–Crippen MR) is 71.6 cm³/mol. The third kappa shape index (κ3) is 5.31. The van der Waals surface area contributed by atoms with Crippen LogP contribution in [0.15, 0.2) is 24.3 Å². The van der Waals surface area contributed by atoms with Gasteiger partial charge in [0.25, 0.3) is 0 Å². The molecule has 0 spiro atoms. The molecule has 1 aromatic rings. The standard InChI is InChI=1S/C15H24FN/c1-4-5-6-8-12(2)17-13(3)14-9-7-10-15(16)11-14/h7,9-13,17H,4-6,8H2,1-3H3. The third-order valence-corrected chi connectivity index (χ3v) is 3.12. The van der Waals surface area contributed by atoms with Crippen LogP contribution in [-0.2, 0) is 0 Å². The van der Waals surface area contributed by atoms with Crippen molar-refractivity contribution >= 4 is 0 Å². The summed E-state index contributed by atoms with van der Waals surface area (Å²) in [5.74, 6) is -0.158. The summed E-state index contributed by atoms with van der Waals surface area (Å²) < 4.78 is 13.1. The Bertz CT molecular complexity index is 324. The van der Waals surface area contributed by atoms with Crippen LogP contribution in [0.3, 0.4) is 0 Å². The van der Waals surface area contributed by atoms with Crippen LogP contribution >= 0.6 is 0 Å². The van der Waals surface area contributed by atoms with Gasteiger partial charge >= 0.3 is 0 Å². The second kappa shape index (κ2) is 7.44.